The van der Waals surface area contributed by atoms with Crippen LogP contribution in [0, 0.1) is 6.92 Å². The van der Waals surface area contributed by atoms with Crippen LogP contribution in [0.1, 0.15) is 36.9 Å². The molecule has 1 atom stereocenters. The van der Waals surface area contributed by atoms with Gasteiger partial charge < -0.3 is 10.1 Å². The van der Waals surface area contributed by atoms with E-state index in [-0.39, 0.29) is 6.04 Å². The lowest BCUT2D eigenvalue weighted by Crippen LogP contribution is -2.37. The van der Waals surface area contributed by atoms with Crippen LogP contribution in [0.2, 0.25) is 0 Å². The molecular weight excluding hydrogens is 258 g/mol. The molecule has 1 unspecified atom stereocenters. The van der Waals surface area contributed by atoms with Crippen molar-refractivity contribution in [2.24, 2.45) is 0 Å². The maximum absolute atomic E-state index is 11.4. The molecule has 0 aliphatic carbocycles. The van der Waals surface area contributed by atoms with Crippen molar-refractivity contribution in [1.82, 2.24) is 5.32 Å². The Morgan fingerprint density at radius 3 is 2.68 bits per heavy atom. The normalized spacial score (nSPS) is 25.0. The van der Waals surface area contributed by atoms with Crippen molar-refractivity contribution in [3.8, 4) is 5.75 Å². The molecule has 1 aliphatic heterocycles. The average Bonchev–Trinajstić information content (AvgIpc) is 2.41. The van der Waals surface area contributed by atoms with E-state index in [4.69, 9.17) is 4.74 Å². The first kappa shape index (κ1) is 14.5. The summed E-state index contributed by atoms with van der Waals surface area (Å²) in [7, 11) is 1.12. The summed E-state index contributed by atoms with van der Waals surface area (Å²) in [5.74, 6) is 2.59. The maximum atomic E-state index is 11.4. The van der Waals surface area contributed by atoms with Gasteiger partial charge in [0, 0.05) is 40.0 Å². The van der Waals surface area contributed by atoms with Crippen molar-refractivity contribution in [3.05, 3.63) is 29.3 Å². The standard InChI is InChI=1S/C15H23NO2S/c1-11-4-5-15(18-3)14(10-11)12(2)16-13-6-8-19(17)9-7-13/h4-5,10,12-13,16H,6-9H2,1-3H3. The van der Waals surface area contributed by atoms with Gasteiger partial charge in [0.2, 0.25) is 0 Å². The van der Waals surface area contributed by atoms with E-state index in [1.165, 1.54) is 11.1 Å². The molecule has 2 rings (SSSR count). The third kappa shape index (κ3) is 3.80. The average molecular weight is 281 g/mol. The van der Waals surface area contributed by atoms with Gasteiger partial charge in [0.05, 0.1) is 7.11 Å². The second-order valence-electron chi connectivity index (χ2n) is 5.26. The van der Waals surface area contributed by atoms with Crippen molar-refractivity contribution in [3.63, 3.8) is 0 Å². The summed E-state index contributed by atoms with van der Waals surface area (Å²) in [6, 6.07) is 7.00. The fourth-order valence-corrected chi connectivity index (χ4v) is 3.89. The first-order valence-corrected chi connectivity index (χ1v) is 8.34. The Morgan fingerprint density at radius 1 is 1.37 bits per heavy atom. The van der Waals surface area contributed by atoms with Crippen LogP contribution >= 0.6 is 0 Å². The highest BCUT2D eigenvalue weighted by Crippen LogP contribution is 2.27. The van der Waals surface area contributed by atoms with Gasteiger partial charge in [-0.15, -0.1) is 0 Å². The van der Waals surface area contributed by atoms with Gasteiger partial charge in [0.15, 0.2) is 0 Å². The van der Waals surface area contributed by atoms with Crippen molar-refractivity contribution in [2.45, 2.75) is 38.8 Å². The highest BCUT2D eigenvalue weighted by atomic mass is 32.2. The number of rotatable bonds is 4. The van der Waals surface area contributed by atoms with E-state index in [1.54, 1.807) is 7.11 Å². The van der Waals surface area contributed by atoms with Crippen LogP contribution in [-0.4, -0.2) is 28.9 Å². The minimum absolute atomic E-state index is 0.256. The molecular formula is C15H23NO2S. The topological polar surface area (TPSA) is 38.3 Å². The quantitative estimate of drug-likeness (QED) is 0.922. The summed E-state index contributed by atoms with van der Waals surface area (Å²) in [5, 5.41) is 3.64. The zero-order chi connectivity index (χ0) is 13.8. The summed E-state index contributed by atoms with van der Waals surface area (Å²) < 4.78 is 16.8. The SMILES string of the molecule is COc1ccc(C)cc1C(C)NC1CCS(=O)CC1. The lowest BCUT2D eigenvalue weighted by molar-refractivity contribution is 0.385. The van der Waals surface area contributed by atoms with Gasteiger partial charge >= 0.3 is 0 Å². The van der Waals surface area contributed by atoms with Gasteiger partial charge in [-0.2, -0.15) is 0 Å². The molecule has 1 fully saturated rings. The molecule has 0 spiro atoms. The monoisotopic (exact) mass is 281 g/mol. The third-order valence-electron chi connectivity index (χ3n) is 3.73. The second kappa shape index (κ2) is 6.53. The highest BCUT2D eigenvalue weighted by Gasteiger charge is 2.21. The van der Waals surface area contributed by atoms with Crippen molar-refractivity contribution >= 4 is 10.8 Å². The van der Waals surface area contributed by atoms with Gasteiger partial charge in [0.1, 0.15) is 5.75 Å². The van der Waals surface area contributed by atoms with Crippen LogP contribution in [0.5, 0.6) is 5.75 Å². The Kier molecular flexibility index (Phi) is 4.99. The van der Waals surface area contributed by atoms with Crippen LogP contribution in [0.15, 0.2) is 18.2 Å². The smallest absolute Gasteiger partial charge is 0.123 e. The Hall–Kier alpha value is -0.870. The summed E-state index contributed by atoms with van der Waals surface area (Å²) >= 11 is 0. The predicted octanol–water partition coefficient (Wildman–Crippen LogP) is 2.57. The molecule has 19 heavy (non-hydrogen) atoms. The molecule has 0 bridgehead atoms. The largest absolute Gasteiger partial charge is 0.496 e. The lowest BCUT2D eigenvalue weighted by atomic mass is 10.0. The molecule has 1 N–H and O–H groups in total. The number of benzene rings is 1. The molecule has 4 heteroatoms. The fraction of sp³-hybridized carbons (Fsp3) is 0.600. The molecule has 106 valence electrons. The number of aryl methyl sites for hydroxylation is 1. The minimum Gasteiger partial charge on any atom is -0.496 e. The summed E-state index contributed by atoms with van der Waals surface area (Å²) in [5.41, 5.74) is 2.45. The molecule has 1 aromatic carbocycles. The number of methoxy groups -OCH3 is 1. The minimum atomic E-state index is -0.595. The number of nitrogens with one attached hydrogen (secondary N) is 1. The number of hydrogen-bond donors (Lipinski definition) is 1. The Bertz CT molecular complexity index is 451. The predicted molar refractivity (Wildman–Crippen MR) is 80.2 cm³/mol. The highest BCUT2D eigenvalue weighted by molar-refractivity contribution is 7.85. The van der Waals surface area contributed by atoms with E-state index in [1.807, 2.05) is 6.07 Å². The van der Waals surface area contributed by atoms with E-state index in [2.05, 4.69) is 31.3 Å². The first-order chi connectivity index (χ1) is 9.10. The number of ether oxygens (including phenoxy) is 1. The van der Waals surface area contributed by atoms with E-state index in [0.29, 0.717) is 6.04 Å². The molecule has 0 radical (unpaired) electrons. The lowest BCUT2D eigenvalue weighted by Gasteiger charge is -2.27. The zero-order valence-corrected chi connectivity index (χ0v) is 12.8. The number of hydrogen-bond acceptors (Lipinski definition) is 3. The Labute approximate surface area is 118 Å². The van der Waals surface area contributed by atoms with Gasteiger partial charge in [-0.25, -0.2) is 0 Å². The zero-order valence-electron chi connectivity index (χ0n) is 11.9. The van der Waals surface area contributed by atoms with Crippen LogP contribution in [-0.2, 0) is 10.8 Å². The Balaban J connectivity index is 2.04. The molecule has 0 aromatic heterocycles. The first-order valence-electron chi connectivity index (χ1n) is 6.85. The molecule has 0 saturated carbocycles. The molecule has 3 nitrogen and oxygen atoms in total. The van der Waals surface area contributed by atoms with Gasteiger partial charge in [0.25, 0.3) is 0 Å². The molecule has 1 aromatic rings. The van der Waals surface area contributed by atoms with Crippen LogP contribution in [0.25, 0.3) is 0 Å². The van der Waals surface area contributed by atoms with Crippen molar-refractivity contribution in [1.29, 1.82) is 0 Å². The van der Waals surface area contributed by atoms with E-state index in [0.717, 1.165) is 30.1 Å². The van der Waals surface area contributed by atoms with Gasteiger partial charge in [-0.05, 0) is 32.8 Å². The molecule has 1 aliphatic rings. The van der Waals surface area contributed by atoms with Gasteiger partial charge in [-0.3, -0.25) is 4.21 Å². The van der Waals surface area contributed by atoms with Crippen LogP contribution in [0.3, 0.4) is 0 Å². The fourth-order valence-electron chi connectivity index (χ4n) is 2.60. The summed E-state index contributed by atoms with van der Waals surface area (Å²) in [6.07, 6.45) is 2.01. The second-order valence-corrected chi connectivity index (χ2v) is 6.95. The van der Waals surface area contributed by atoms with Crippen molar-refractivity contribution < 1.29 is 8.95 Å². The van der Waals surface area contributed by atoms with Crippen LogP contribution < -0.4 is 10.1 Å². The van der Waals surface area contributed by atoms with Crippen molar-refractivity contribution in [2.75, 3.05) is 18.6 Å². The maximum Gasteiger partial charge on any atom is 0.123 e. The van der Waals surface area contributed by atoms with Gasteiger partial charge in [-0.1, -0.05) is 17.7 Å². The Morgan fingerprint density at radius 2 is 2.05 bits per heavy atom. The van der Waals surface area contributed by atoms with E-state index >= 15 is 0 Å². The van der Waals surface area contributed by atoms with E-state index in [9.17, 15) is 4.21 Å². The summed E-state index contributed by atoms with van der Waals surface area (Å²) in [6.45, 7) is 4.27. The summed E-state index contributed by atoms with van der Waals surface area (Å²) in [4.78, 5) is 0. The molecule has 0 amide bonds. The molecule has 1 saturated heterocycles. The molecule has 1 heterocycles. The van der Waals surface area contributed by atoms with E-state index < -0.39 is 10.8 Å². The third-order valence-corrected chi connectivity index (χ3v) is 5.11. The van der Waals surface area contributed by atoms with Crippen LogP contribution in [0.4, 0.5) is 0 Å².